The van der Waals surface area contributed by atoms with E-state index in [0.29, 0.717) is 5.56 Å². The first-order chi connectivity index (χ1) is 34.7. The molecule has 2 fully saturated rings. The fourth-order valence-corrected chi connectivity index (χ4v) is 8.97. The number of hydrogen-bond donors (Lipinski definition) is 6. The third-order valence-corrected chi connectivity index (χ3v) is 12.7. The van der Waals surface area contributed by atoms with Crippen molar-refractivity contribution in [1.29, 1.82) is 0 Å². The van der Waals surface area contributed by atoms with Gasteiger partial charge in [0, 0.05) is 18.2 Å². The molecular formula is C43H48N10O18P2. The van der Waals surface area contributed by atoms with Crippen molar-refractivity contribution in [2.75, 3.05) is 31.0 Å². The number of phosphoric ester groups is 2. The summed E-state index contributed by atoms with van der Waals surface area (Å²) in [6, 6.07) is 16.2. The quantitative estimate of drug-likeness (QED) is 0.0501. The monoisotopic (exact) mass is 1050 g/mol. The number of methoxy groups -OCH3 is 1. The molecule has 6 aromatic rings. The standard InChI is InChI=1S/C43H48N10O18P2/c1-21(2)41(57)69-30-26(68-39(31(30)70-42(58)22(3)4)53-20-47-28-35(53)49-43(51-38(28)56)50-37(55)24-14-10-7-11-15-24)17-66-73(62,63)71-32-29(64-5)25(16-65-72(59,60)61)67-40(32)52-19-46-27-33(44-18-45-34(27)52)48-36(54)23-12-8-6-9-13-23/h6-15,18-22,25-26,29-32,39-40H,16-17H2,1-5H3,(H,62,63)(H2,59,60,61)(H,44,45,48,54)(H2,49,50,51,55,56)/t25-,26-,29-,30-,31-,32-,39-,40-/m1/s1. The van der Waals surface area contributed by atoms with Crippen LogP contribution in [0.2, 0.25) is 0 Å². The van der Waals surface area contributed by atoms with Crippen LogP contribution in [-0.4, -0.2) is 134 Å². The number of nitrogens with zero attached hydrogens (tertiary/aromatic N) is 7. The molecule has 2 aliphatic heterocycles. The van der Waals surface area contributed by atoms with E-state index in [2.05, 4.69) is 40.5 Å². The summed E-state index contributed by atoms with van der Waals surface area (Å²) in [5.41, 5.74) is -0.644. The zero-order valence-electron chi connectivity index (χ0n) is 39.2. The number of carbonyl (C=O) groups excluding carboxylic acids is 4. The number of ether oxygens (including phenoxy) is 5. The van der Waals surface area contributed by atoms with Gasteiger partial charge in [0.2, 0.25) is 5.95 Å². The second-order valence-corrected chi connectivity index (χ2v) is 19.6. The summed E-state index contributed by atoms with van der Waals surface area (Å²) in [7, 11) is -9.38. The number of hydrogen-bond acceptors (Lipinski definition) is 20. The predicted octanol–water partition coefficient (Wildman–Crippen LogP) is 3.02. The number of esters is 2. The van der Waals surface area contributed by atoms with Crippen molar-refractivity contribution in [3.8, 4) is 0 Å². The lowest BCUT2D eigenvalue weighted by Crippen LogP contribution is -2.42. The van der Waals surface area contributed by atoms with Crippen molar-refractivity contribution in [2.24, 2.45) is 11.8 Å². The molecule has 6 N–H and O–H groups in total. The lowest BCUT2D eigenvalue weighted by atomic mass is 10.1. The zero-order valence-corrected chi connectivity index (χ0v) is 41.0. The highest BCUT2D eigenvalue weighted by molar-refractivity contribution is 7.47. The topological polar surface area (TPSA) is 368 Å². The molecular weight excluding hydrogens is 1010 g/mol. The van der Waals surface area contributed by atoms with Crippen LogP contribution in [0, 0.1) is 11.8 Å². The summed E-state index contributed by atoms with van der Waals surface area (Å²) in [4.78, 5) is 120. The smallest absolute Gasteiger partial charge is 0.455 e. The van der Waals surface area contributed by atoms with Gasteiger partial charge in [-0.05, 0) is 24.3 Å². The van der Waals surface area contributed by atoms with Crippen molar-refractivity contribution < 1.29 is 80.2 Å². The molecule has 8 rings (SSSR count). The van der Waals surface area contributed by atoms with Gasteiger partial charge in [0.25, 0.3) is 17.4 Å². The molecule has 0 radical (unpaired) electrons. The van der Waals surface area contributed by atoms with Crippen LogP contribution in [0.3, 0.4) is 0 Å². The number of anilines is 2. The van der Waals surface area contributed by atoms with E-state index in [1.165, 1.54) is 55.3 Å². The largest absolute Gasteiger partial charge is 0.472 e. The van der Waals surface area contributed by atoms with E-state index in [1.54, 1.807) is 48.5 Å². The SMILES string of the molecule is CO[C@H]1[C@@H](OP(=O)(O)OC[C@H]2O[C@@H](n3cnc4c(=O)[nH]c(NC(=O)c5ccccc5)nc43)[C@H](OC(=O)C(C)C)[C@@H]2OC(=O)C(C)C)[C@H](n2cnc3c(NC(=O)c4ccccc4)ncnc32)O[C@@H]1COP(=O)(O)O. The molecule has 4 aromatic heterocycles. The highest BCUT2D eigenvalue weighted by Gasteiger charge is 2.54. The van der Waals surface area contributed by atoms with E-state index >= 15 is 0 Å². The summed E-state index contributed by atoms with van der Waals surface area (Å²) in [6.45, 7) is 4.38. The Morgan fingerprint density at radius 1 is 0.699 bits per heavy atom. The van der Waals surface area contributed by atoms with Gasteiger partial charge in [0.1, 0.15) is 30.7 Å². The van der Waals surface area contributed by atoms with Crippen molar-refractivity contribution in [1.82, 2.24) is 39.0 Å². The molecule has 2 amide bonds. The third-order valence-electron chi connectivity index (χ3n) is 11.2. The molecule has 6 heterocycles. The minimum absolute atomic E-state index is 0.00606. The van der Waals surface area contributed by atoms with Gasteiger partial charge in [-0.1, -0.05) is 64.1 Å². The van der Waals surface area contributed by atoms with Crippen LogP contribution in [0.15, 0.2) is 84.4 Å². The first kappa shape index (κ1) is 52.6. The van der Waals surface area contributed by atoms with E-state index < -0.39 is 119 Å². The average molecular weight is 1050 g/mol. The number of H-pyrrole nitrogens is 1. The molecule has 0 saturated carbocycles. The van der Waals surface area contributed by atoms with Crippen molar-refractivity contribution >= 4 is 73.5 Å². The Hall–Kier alpha value is -6.68. The van der Waals surface area contributed by atoms with E-state index in [1.807, 2.05) is 0 Å². The number of imidazole rings is 2. The van der Waals surface area contributed by atoms with E-state index in [9.17, 15) is 47.8 Å². The van der Waals surface area contributed by atoms with Gasteiger partial charge >= 0.3 is 27.6 Å². The molecule has 9 atom stereocenters. The molecule has 0 aliphatic carbocycles. The van der Waals surface area contributed by atoms with E-state index in [0.717, 1.165) is 19.8 Å². The van der Waals surface area contributed by atoms with Gasteiger partial charge < -0.3 is 43.7 Å². The van der Waals surface area contributed by atoms with Crippen LogP contribution in [0.5, 0.6) is 0 Å². The van der Waals surface area contributed by atoms with Crippen LogP contribution in [0.25, 0.3) is 22.3 Å². The van der Waals surface area contributed by atoms with Crippen molar-refractivity contribution in [3.05, 3.63) is 101 Å². The summed E-state index contributed by atoms with van der Waals surface area (Å²) < 4.78 is 74.3. The molecule has 1 unspecified atom stereocenters. The maximum absolute atomic E-state index is 14.2. The second kappa shape index (κ2) is 21.8. The van der Waals surface area contributed by atoms with Gasteiger partial charge in [-0.15, -0.1) is 0 Å². The third kappa shape index (κ3) is 11.9. The van der Waals surface area contributed by atoms with Gasteiger partial charge in [0.15, 0.2) is 52.8 Å². The highest BCUT2D eigenvalue weighted by Crippen LogP contribution is 2.51. The number of phosphoric acid groups is 2. The number of fused-ring (bicyclic) bond motifs is 2. The van der Waals surface area contributed by atoms with Crippen molar-refractivity contribution in [2.45, 2.75) is 76.8 Å². The fourth-order valence-electron chi connectivity index (χ4n) is 7.70. The number of aromatic nitrogens is 8. The molecule has 73 heavy (non-hydrogen) atoms. The van der Waals surface area contributed by atoms with E-state index in [4.69, 9.17) is 37.3 Å². The Balaban J connectivity index is 1.10. The maximum atomic E-state index is 14.2. The number of aromatic amines is 1. The average Bonchev–Trinajstić information content (AvgIpc) is 4.14. The lowest BCUT2D eigenvalue weighted by molar-refractivity contribution is -0.172. The van der Waals surface area contributed by atoms with Crippen LogP contribution >= 0.6 is 15.6 Å². The molecule has 2 saturated heterocycles. The Morgan fingerprint density at radius 2 is 1.23 bits per heavy atom. The molecule has 28 nitrogen and oxygen atoms in total. The summed E-state index contributed by atoms with van der Waals surface area (Å²) >= 11 is 0. The molecule has 2 aliphatic rings. The molecule has 0 spiro atoms. The number of amides is 2. The first-order valence-electron chi connectivity index (χ1n) is 22.2. The maximum Gasteiger partial charge on any atom is 0.472 e. The van der Waals surface area contributed by atoms with Crippen LogP contribution in [0.4, 0.5) is 11.8 Å². The predicted molar refractivity (Wildman–Crippen MR) is 249 cm³/mol. The Morgan fingerprint density at radius 3 is 1.82 bits per heavy atom. The number of carbonyl (C=O) groups is 4. The number of rotatable bonds is 19. The Kier molecular flexibility index (Phi) is 15.7. The summed E-state index contributed by atoms with van der Waals surface area (Å²) in [5, 5.41) is 5.18. The minimum atomic E-state index is -5.42. The molecule has 388 valence electrons. The van der Waals surface area contributed by atoms with Gasteiger partial charge in [0.05, 0.1) is 37.7 Å². The van der Waals surface area contributed by atoms with Gasteiger partial charge in [-0.2, -0.15) is 4.98 Å². The Bertz CT molecular complexity index is 3150. The van der Waals surface area contributed by atoms with Gasteiger partial charge in [-0.25, -0.2) is 29.1 Å². The van der Waals surface area contributed by atoms with Crippen LogP contribution < -0.4 is 16.2 Å². The summed E-state index contributed by atoms with van der Waals surface area (Å²) in [5.74, 6) is -4.57. The second-order valence-electron chi connectivity index (χ2n) is 17.0. The molecule has 0 bridgehead atoms. The van der Waals surface area contributed by atoms with Crippen molar-refractivity contribution in [3.63, 3.8) is 0 Å². The van der Waals surface area contributed by atoms with Crippen LogP contribution in [0.1, 0.15) is 60.9 Å². The normalized spacial score (nSPS) is 22.9. The lowest BCUT2D eigenvalue weighted by Gasteiger charge is -2.27. The summed E-state index contributed by atoms with van der Waals surface area (Å²) in [6.07, 6.45) is -8.92. The number of benzene rings is 2. The molecule has 30 heteroatoms. The number of nitrogens with one attached hydrogen (secondary N) is 3. The Labute approximate surface area is 412 Å². The minimum Gasteiger partial charge on any atom is -0.455 e. The van der Waals surface area contributed by atoms with E-state index in [-0.39, 0.29) is 39.7 Å². The highest BCUT2D eigenvalue weighted by atomic mass is 31.2. The first-order valence-corrected chi connectivity index (χ1v) is 25.2. The van der Waals surface area contributed by atoms with Crippen LogP contribution in [-0.2, 0) is 56.0 Å². The molecule has 2 aromatic carbocycles. The zero-order chi connectivity index (χ0) is 52.4. The van der Waals surface area contributed by atoms with Gasteiger partial charge in [-0.3, -0.25) is 57.0 Å². The fraction of sp³-hybridized carbons (Fsp3) is 0.395.